The van der Waals surface area contributed by atoms with Gasteiger partial charge in [-0.3, -0.25) is 4.79 Å². The van der Waals surface area contributed by atoms with Crippen LogP contribution in [0.25, 0.3) is 0 Å². The number of carbonyl (C=O) groups excluding carboxylic acids is 1. The van der Waals surface area contributed by atoms with Crippen molar-refractivity contribution in [2.45, 2.75) is 77.0 Å². The lowest BCUT2D eigenvalue weighted by molar-refractivity contribution is -0.174. The topological polar surface area (TPSA) is 108 Å². The number of aliphatic hydroxyl groups is 2. The van der Waals surface area contributed by atoms with Gasteiger partial charge in [-0.25, -0.2) is 8.42 Å². The van der Waals surface area contributed by atoms with Crippen molar-refractivity contribution in [3.8, 4) is 0 Å². The molecule has 7 nitrogen and oxygen atoms in total. The van der Waals surface area contributed by atoms with E-state index in [0.717, 1.165) is 36.8 Å². The fourth-order valence-electron chi connectivity index (χ4n) is 10.5. The first-order valence-electron chi connectivity index (χ1n) is 15.7. The predicted molar refractivity (Wildman–Crippen MR) is 163 cm³/mol. The molecule has 230 valence electrons. The highest BCUT2D eigenvalue weighted by Gasteiger charge is 2.74. The quantitative estimate of drug-likeness (QED) is 0.318. The molecule has 0 saturated heterocycles. The van der Waals surface area contributed by atoms with Crippen LogP contribution in [0.15, 0.2) is 76.9 Å². The second-order valence-electron chi connectivity index (χ2n) is 14.6. The van der Waals surface area contributed by atoms with Gasteiger partial charge in [0.25, 0.3) is 0 Å². The van der Waals surface area contributed by atoms with Gasteiger partial charge in [0.2, 0.25) is 15.8 Å². The summed E-state index contributed by atoms with van der Waals surface area (Å²) in [5.41, 5.74) is -1.46. The highest BCUT2D eigenvalue weighted by molar-refractivity contribution is 7.88. The van der Waals surface area contributed by atoms with Gasteiger partial charge in [-0.1, -0.05) is 62.4 Å². The van der Waals surface area contributed by atoms with E-state index in [-0.39, 0.29) is 36.1 Å². The minimum atomic E-state index is -3.62. The van der Waals surface area contributed by atoms with Crippen molar-refractivity contribution in [3.05, 3.63) is 83.9 Å². The van der Waals surface area contributed by atoms with E-state index in [1.165, 1.54) is 16.8 Å². The number of nitrogens with zero attached hydrogens (tertiary/aromatic N) is 1. The normalized spacial score (nSPS) is 41.4. The highest BCUT2D eigenvalue weighted by atomic mass is 32.2. The number of allylic oxidation sites excluding steroid dienone is 4. The van der Waals surface area contributed by atoms with E-state index in [1.54, 1.807) is 12.1 Å². The van der Waals surface area contributed by atoms with Crippen LogP contribution in [0.2, 0.25) is 0 Å². The van der Waals surface area contributed by atoms with Crippen molar-refractivity contribution in [2.24, 2.45) is 33.5 Å². The van der Waals surface area contributed by atoms with Gasteiger partial charge in [0, 0.05) is 34.9 Å². The van der Waals surface area contributed by atoms with Crippen LogP contribution in [0.5, 0.6) is 0 Å². The van der Waals surface area contributed by atoms with Crippen molar-refractivity contribution < 1.29 is 27.8 Å². The molecule has 0 radical (unpaired) electrons. The second-order valence-corrected chi connectivity index (χ2v) is 16.6. The van der Waals surface area contributed by atoms with Crippen molar-refractivity contribution in [1.82, 2.24) is 4.31 Å². The summed E-state index contributed by atoms with van der Waals surface area (Å²) in [6.45, 7) is 4.69. The van der Waals surface area contributed by atoms with Gasteiger partial charge < -0.3 is 14.6 Å². The third-order valence-electron chi connectivity index (χ3n) is 12.8. The van der Waals surface area contributed by atoms with Crippen LogP contribution in [-0.4, -0.2) is 53.2 Å². The van der Waals surface area contributed by atoms with Crippen LogP contribution in [-0.2, 0) is 16.6 Å². The molecule has 3 fully saturated rings. The molecule has 2 aromatic rings. The summed E-state index contributed by atoms with van der Waals surface area (Å²) >= 11 is 0. The van der Waals surface area contributed by atoms with Gasteiger partial charge >= 0.3 is 0 Å². The standard InChI is InChI=1S/C35H43NO6S/c1-31-14-11-25(37)20-33(31)17-18-35(26(21-33)30(38)27-10-7-19-42-27)28(31)12-15-32(2)29(35)13-16-34(32,39)23-36(43(3,40)41)22-24-8-5-4-6-9-24/h4-10,17-19,21,25,28-29,37,39H,11-16,20,22-23H2,1-3H3. The molecule has 2 N–H and O–H groups in total. The molecule has 1 heterocycles. The molecule has 8 unspecified atom stereocenters. The Hall–Kier alpha value is -2.52. The van der Waals surface area contributed by atoms with Gasteiger partial charge in [-0.05, 0) is 79.9 Å². The molecular weight excluding hydrogens is 562 g/mol. The zero-order valence-electron chi connectivity index (χ0n) is 25.3. The fourth-order valence-corrected chi connectivity index (χ4v) is 11.3. The maximum absolute atomic E-state index is 14.3. The number of aliphatic hydroxyl groups excluding tert-OH is 1. The maximum atomic E-state index is 14.3. The third-order valence-corrected chi connectivity index (χ3v) is 14.0. The third kappa shape index (κ3) is 3.95. The zero-order chi connectivity index (χ0) is 30.5. The number of rotatable bonds is 7. The van der Waals surface area contributed by atoms with Crippen molar-refractivity contribution >= 4 is 15.8 Å². The largest absolute Gasteiger partial charge is 0.461 e. The number of hydrogen-bond donors (Lipinski definition) is 2. The summed E-state index contributed by atoms with van der Waals surface area (Å²) < 4.78 is 33.3. The maximum Gasteiger partial charge on any atom is 0.224 e. The first-order chi connectivity index (χ1) is 20.3. The molecule has 43 heavy (non-hydrogen) atoms. The minimum Gasteiger partial charge on any atom is -0.461 e. The molecule has 8 atom stereocenters. The average Bonchev–Trinajstić information content (AvgIpc) is 3.59. The molecule has 6 aliphatic carbocycles. The fraction of sp³-hybridized carbons (Fsp3) is 0.571. The van der Waals surface area contributed by atoms with Crippen LogP contribution >= 0.6 is 0 Å². The molecule has 0 amide bonds. The van der Waals surface area contributed by atoms with Crippen LogP contribution in [0, 0.1) is 33.5 Å². The van der Waals surface area contributed by atoms with E-state index < -0.39 is 38.0 Å². The van der Waals surface area contributed by atoms with E-state index in [0.29, 0.717) is 25.0 Å². The van der Waals surface area contributed by atoms with Crippen LogP contribution in [0.3, 0.4) is 0 Å². The number of ketones is 1. The van der Waals surface area contributed by atoms with Crippen LogP contribution in [0.1, 0.15) is 74.9 Å². The SMILES string of the molecule is CC12CCC(O)CC13C=CC1(C(C(=O)c4ccco4)=C3)C2CCC2(C)C1CCC2(O)CN(Cc1ccccc1)S(C)(=O)=O. The number of sulfonamides is 1. The summed E-state index contributed by atoms with van der Waals surface area (Å²) in [7, 11) is -3.62. The lowest BCUT2D eigenvalue weighted by Crippen LogP contribution is -2.67. The monoisotopic (exact) mass is 605 g/mol. The Morgan fingerprint density at radius 2 is 1.67 bits per heavy atom. The lowest BCUT2D eigenvalue weighted by atomic mass is 9.32. The Bertz CT molecular complexity index is 1600. The Morgan fingerprint density at radius 1 is 0.977 bits per heavy atom. The van der Waals surface area contributed by atoms with Crippen LogP contribution < -0.4 is 0 Å². The molecule has 2 spiro atoms. The van der Waals surface area contributed by atoms with E-state index in [2.05, 4.69) is 32.1 Å². The molecule has 8 heteroatoms. The summed E-state index contributed by atoms with van der Waals surface area (Å²) in [5, 5.41) is 23.5. The number of hydrogen-bond acceptors (Lipinski definition) is 6. The van der Waals surface area contributed by atoms with E-state index in [1.807, 2.05) is 30.3 Å². The summed E-state index contributed by atoms with van der Waals surface area (Å²) in [4.78, 5) is 14.3. The van der Waals surface area contributed by atoms with E-state index >= 15 is 0 Å². The summed E-state index contributed by atoms with van der Waals surface area (Å²) in [6.07, 6.45) is 13.9. The van der Waals surface area contributed by atoms with Crippen LogP contribution in [0.4, 0.5) is 0 Å². The van der Waals surface area contributed by atoms with Gasteiger partial charge in [0.05, 0.1) is 24.2 Å². The first-order valence-corrected chi connectivity index (χ1v) is 17.5. The van der Waals surface area contributed by atoms with Gasteiger partial charge in [-0.15, -0.1) is 0 Å². The number of fused-ring (bicyclic) bond motifs is 1. The van der Waals surface area contributed by atoms with Gasteiger partial charge in [-0.2, -0.15) is 4.31 Å². The summed E-state index contributed by atoms with van der Waals surface area (Å²) in [6, 6.07) is 13.0. The molecule has 8 rings (SSSR count). The Morgan fingerprint density at radius 3 is 2.37 bits per heavy atom. The molecule has 1 aromatic heterocycles. The number of benzene rings is 1. The average molecular weight is 606 g/mol. The Labute approximate surface area is 254 Å². The zero-order valence-corrected chi connectivity index (χ0v) is 26.1. The molecule has 1 aromatic carbocycles. The highest BCUT2D eigenvalue weighted by Crippen LogP contribution is 2.78. The molecule has 2 bridgehead atoms. The molecule has 6 aliphatic rings. The van der Waals surface area contributed by atoms with Crippen molar-refractivity contribution in [2.75, 3.05) is 12.8 Å². The predicted octanol–water partition coefficient (Wildman–Crippen LogP) is 5.52. The van der Waals surface area contributed by atoms with E-state index in [4.69, 9.17) is 4.42 Å². The molecule has 3 saturated carbocycles. The molecular formula is C35H43NO6S. The summed E-state index contributed by atoms with van der Waals surface area (Å²) in [5.74, 6) is 0.279. The Kier molecular flexibility index (Phi) is 6.45. The number of Topliss-reactive ketones (excluding diaryl/α,β-unsaturated/α-hetero) is 1. The number of carbonyl (C=O) groups is 1. The lowest BCUT2D eigenvalue weighted by Gasteiger charge is -2.71. The molecule has 0 aliphatic heterocycles. The Balaban J connectivity index is 1.33. The van der Waals surface area contributed by atoms with Gasteiger partial charge in [0.15, 0.2) is 5.76 Å². The minimum absolute atomic E-state index is 0.0107. The van der Waals surface area contributed by atoms with E-state index in [9.17, 15) is 23.4 Å². The first kappa shape index (κ1) is 29.2. The van der Waals surface area contributed by atoms with Crippen molar-refractivity contribution in [1.29, 1.82) is 0 Å². The second kappa shape index (κ2) is 9.49. The number of furan rings is 1. The smallest absolute Gasteiger partial charge is 0.224 e. The van der Waals surface area contributed by atoms with Gasteiger partial charge in [0.1, 0.15) is 0 Å². The van der Waals surface area contributed by atoms with Crippen molar-refractivity contribution in [3.63, 3.8) is 0 Å².